The number of aliphatic imine (C=N–C) groups is 1. The van der Waals surface area contributed by atoms with Gasteiger partial charge in [0.2, 0.25) is 5.96 Å². The smallest absolute Gasteiger partial charge is 0.214 e. The lowest BCUT2D eigenvalue weighted by Crippen LogP contribution is -2.39. The van der Waals surface area contributed by atoms with Crippen molar-refractivity contribution in [3.05, 3.63) is 24.3 Å². The first-order valence-electron chi connectivity index (χ1n) is 4.32. The summed E-state index contributed by atoms with van der Waals surface area (Å²) in [5.74, 6) is 0.765. The number of hydrogen-bond acceptors (Lipinski definition) is 2. The van der Waals surface area contributed by atoms with Crippen LogP contribution in [0.2, 0.25) is 0 Å². The second-order valence-electron chi connectivity index (χ2n) is 2.74. The molecule has 0 saturated heterocycles. The molecular weight excluding hydrogens is 164 g/mol. The van der Waals surface area contributed by atoms with Crippen molar-refractivity contribution in [1.82, 2.24) is 5.43 Å². The molecule has 0 unspecified atom stereocenters. The molecule has 1 aromatic carbocycles. The Morgan fingerprint density at radius 1 is 1.15 bits per heavy atom. The summed E-state index contributed by atoms with van der Waals surface area (Å²) in [6.07, 6.45) is 0. The second kappa shape index (κ2) is 3.35. The van der Waals surface area contributed by atoms with Crippen LogP contribution in [0.15, 0.2) is 29.3 Å². The maximum Gasteiger partial charge on any atom is 0.214 e. The van der Waals surface area contributed by atoms with Crippen LogP contribution in [0.5, 0.6) is 0 Å². The zero-order chi connectivity index (χ0) is 9.10. The van der Waals surface area contributed by atoms with Gasteiger partial charge < -0.3 is 5.32 Å². The number of rotatable bonds is 1. The van der Waals surface area contributed by atoms with E-state index in [0.717, 1.165) is 23.9 Å². The standard InChI is InChI=1S/C9H12N4/c1-2-10-9-11-7-5-3-4-6-8(7)12-13-9/h3-6,12H,2H2,1H3,(H2,10,11,13). The van der Waals surface area contributed by atoms with Gasteiger partial charge in [0.15, 0.2) is 0 Å². The summed E-state index contributed by atoms with van der Waals surface area (Å²) in [5, 5.41) is 3.17. The third-order valence-electron chi connectivity index (χ3n) is 1.81. The number of benzene rings is 1. The highest BCUT2D eigenvalue weighted by molar-refractivity contribution is 6.00. The lowest BCUT2D eigenvalue weighted by atomic mass is 10.2. The average Bonchev–Trinajstić information content (AvgIpc) is 2.18. The van der Waals surface area contributed by atoms with E-state index in [0.29, 0.717) is 0 Å². The largest absolute Gasteiger partial charge is 0.323 e. The Morgan fingerprint density at radius 2 is 1.92 bits per heavy atom. The fourth-order valence-corrected chi connectivity index (χ4v) is 1.22. The van der Waals surface area contributed by atoms with E-state index >= 15 is 0 Å². The summed E-state index contributed by atoms with van der Waals surface area (Å²) in [4.78, 5) is 4.21. The molecule has 0 fully saturated rings. The fourth-order valence-electron chi connectivity index (χ4n) is 1.22. The molecule has 0 atom stereocenters. The molecule has 0 radical (unpaired) electrons. The van der Waals surface area contributed by atoms with Crippen molar-refractivity contribution in [2.24, 2.45) is 4.99 Å². The normalized spacial score (nSPS) is 16.8. The van der Waals surface area contributed by atoms with Crippen molar-refractivity contribution < 1.29 is 0 Å². The molecule has 4 nitrogen and oxygen atoms in total. The van der Waals surface area contributed by atoms with Crippen molar-refractivity contribution in [2.75, 3.05) is 17.3 Å². The van der Waals surface area contributed by atoms with Gasteiger partial charge in [0.25, 0.3) is 0 Å². The van der Waals surface area contributed by atoms with Crippen molar-refractivity contribution in [3.63, 3.8) is 0 Å². The highest BCUT2D eigenvalue weighted by Crippen LogP contribution is 2.21. The third kappa shape index (κ3) is 1.56. The number of anilines is 2. The number of nitrogens with zero attached hydrogens (tertiary/aromatic N) is 1. The van der Waals surface area contributed by atoms with E-state index in [-0.39, 0.29) is 0 Å². The number of hydrogen-bond donors (Lipinski definition) is 3. The van der Waals surface area contributed by atoms with Gasteiger partial charge in [0.05, 0.1) is 11.4 Å². The highest BCUT2D eigenvalue weighted by atomic mass is 15.5. The Kier molecular flexibility index (Phi) is 2.04. The lowest BCUT2D eigenvalue weighted by molar-refractivity contribution is 1.03. The van der Waals surface area contributed by atoms with Crippen LogP contribution in [0.3, 0.4) is 0 Å². The summed E-state index contributed by atoms with van der Waals surface area (Å²) in [7, 11) is 0. The summed E-state index contributed by atoms with van der Waals surface area (Å²) >= 11 is 0. The number of para-hydroxylation sites is 2. The van der Waals surface area contributed by atoms with Gasteiger partial charge >= 0.3 is 0 Å². The van der Waals surface area contributed by atoms with E-state index in [2.05, 4.69) is 21.2 Å². The molecule has 0 saturated carbocycles. The molecule has 4 heteroatoms. The van der Waals surface area contributed by atoms with Gasteiger partial charge in [-0.2, -0.15) is 0 Å². The van der Waals surface area contributed by atoms with Gasteiger partial charge in [-0.05, 0) is 19.1 Å². The Labute approximate surface area is 77.0 Å². The van der Waals surface area contributed by atoms with E-state index < -0.39 is 0 Å². The van der Waals surface area contributed by atoms with Crippen LogP contribution >= 0.6 is 0 Å². The predicted molar refractivity (Wildman–Crippen MR) is 54.8 cm³/mol. The zero-order valence-electron chi connectivity index (χ0n) is 7.46. The van der Waals surface area contributed by atoms with Crippen molar-refractivity contribution in [1.29, 1.82) is 0 Å². The highest BCUT2D eigenvalue weighted by Gasteiger charge is 2.09. The summed E-state index contributed by atoms with van der Waals surface area (Å²) in [6, 6.07) is 7.98. The van der Waals surface area contributed by atoms with Gasteiger partial charge in [0.1, 0.15) is 0 Å². The molecule has 1 aliphatic heterocycles. The van der Waals surface area contributed by atoms with Crippen LogP contribution in [0, 0.1) is 0 Å². The maximum atomic E-state index is 4.21. The van der Waals surface area contributed by atoms with Gasteiger partial charge in [-0.15, -0.1) is 0 Å². The molecule has 0 aromatic heterocycles. The second-order valence-corrected chi connectivity index (χ2v) is 2.74. The zero-order valence-corrected chi connectivity index (χ0v) is 7.46. The van der Waals surface area contributed by atoms with Crippen LogP contribution in [-0.4, -0.2) is 12.5 Å². The number of hydrazine groups is 1. The first-order chi connectivity index (χ1) is 6.40. The molecule has 13 heavy (non-hydrogen) atoms. The minimum atomic E-state index is 0.763. The van der Waals surface area contributed by atoms with Crippen LogP contribution in [0.1, 0.15) is 6.92 Å². The Bertz CT molecular complexity index is 332. The van der Waals surface area contributed by atoms with Crippen LogP contribution in [-0.2, 0) is 0 Å². The molecule has 3 N–H and O–H groups in total. The van der Waals surface area contributed by atoms with E-state index in [1.54, 1.807) is 0 Å². The summed E-state index contributed by atoms with van der Waals surface area (Å²) in [5.41, 5.74) is 8.11. The van der Waals surface area contributed by atoms with E-state index in [1.165, 1.54) is 0 Å². The maximum absolute atomic E-state index is 4.21. The van der Waals surface area contributed by atoms with Crippen molar-refractivity contribution >= 4 is 17.3 Å². The third-order valence-corrected chi connectivity index (χ3v) is 1.81. The minimum absolute atomic E-state index is 0.763. The van der Waals surface area contributed by atoms with E-state index in [9.17, 15) is 0 Å². The predicted octanol–water partition coefficient (Wildman–Crippen LogP) is 1.40. The first-order valence-corrected chi connectivity index (χ1v) is 4.32. The lowest BCUT2D eigenvalue weighted by Gasteiger charge is -2.22. The molecule has 0 amide bonds. The summed E-state index contributed by atoms with van der Waals surface area (Å²) in [6.45, 7) is 2.76. The molecule has 68 valence electrons. The SMILES string of the molecule is CCN=C1NNc2ccccc2N1. The van der Waals surface area contributed by atoms with Gasteiger partial charge in [-0.1, -0.05) is 12.1 Å². The molecule has 0 aliphatic carbocycles. The average molecular weight is 176 g/mol. The molecule has 2 rings (SSSR count). The van der Waals surface area contributed by atoms with Gasteiger partial charge in [-0.25, -0.2) is 0 Å². The van der Waals surface area contributed by atoms with Crippen molar-refractivity contribution in [3.8, 4) is 0 Å². The van der Waals surface area contributed by atoms with Gasteiger partial charge in [0, 0.05) is 6.54 Å². The molecule has 0 bridgehead atoms. The van der Waals surface area contributed by atoms with Gasteiger partial charge in [-0.3, -0.25) is 15.8 Å². The fraction of sp³-hybridized carbons (Fsp3) is 0.222. The van der Waals surface area contributed by atoms with Crippen molar-refractivity contribution in [2.45, 2.75) is 6.92 Å². The Balaban J connectivity index is 2.24. The minimum Gasteiger partial charge on any atom is -0.323 e. The number of fused-ring (bicyclic) bond motifs is 1. The first kappa shape index (κ1) is 7.91. The van der Waals surface area contributed by atoms with Crippen LogP contribution in [0.4, 0.5) is 11.4 Å². The molecule has 1 heterocycles. The molecule has 1 aromatic rings. The molecule has 1 aliphatic rings. The monoisotopic (exact) mass is 176 g/mol. The van der Waals surface area contributed by atoms with Crippen LogP contribution in [0.25, 0.3) is 0 Å². The number of guanidine groups is 1. The molecule has 0 spiro atoms. The van der Waals surface area contributed by atoms with E-state index in [1.807, 2.05) is 31.2 Å². The molecular formula is C9H12N4. The van der Waals surface area contributed by atoms with E-state index in [4.69, 9.17) is 0 Å². The Hall–Kier alpha value is -1.71. The quantitative estimate of drug-likeness (QED) is 0.606. The summed E-state index contributed by atoms with van der Waals surface area (Å²) < 4.78 is 0. The number of nitrogens with one attached hydrogen (secondary N) is 3. The topological polar surface area (TPSA) is 48.5 Å². The van der Waals surface area contributed by atoms with Crippen LogP contribution < -0.4 is 16.2 Å². The Morgan fingerprint density at radius 3 is 2.69 bits per heavy atom.